The minimum absolute atomic E-state index is 0.0399. The molecule has 6 nitrogen and oxygen atoms in total. The second kappa shape index (κ2) is 8.61. The van der Waals surface area contributed by atoms with Crippen molar-refractivity contribution in [2.45, 2.75) is 19.3 Å². The van der Waals surface area contributed by atoms with Gasteiger partial charge >= 0.3 is 0 Å². The highest BCUT2D eigenvalue weighted by Crippen LogP contribution is 2.27. The summed E-state index contributed by atoms with van der Waals surface area (Å²) in [6.45, 7) is 2.22. The van der Waals surface area contributed by atoms with Crippen LogP contribution < -0.4 is 14.8 Å². The summed E-state index contributed by atoms with van der Waals surface area (Å²) in [5.74, 6) is 1.08. The lowest BCUT2D eigenvalue weighted by atomic mass is 10.0. The first-order chi connectivity index (χ1) is 10.1. The number of ketones is 1. The molecule has 21 heavy (non-hydrogen) atoms. The van der Waals surface area contributed by atoms with Crippen molar-refractivity contribution < 1.29 is 23.7 Å². The van der Waals surface area contributed by atoms with E-state index in [-0.39, 0.29) is 18.1 Å². The monoisotopic (exact) mass is 297 g/mol. The number of ether oxygens (including phenoxy) is 4. The second-order valence-electron chi connectivity index (χ2n) is 4.46. The summed E-state index contributed by atoms with van der Waals surface area (Å²) < 4.78 is 20.5. The average molecular weight is 297 g/mol. The SMILES string of the molecule is COc1ccc(C(=O)C(C)NCC(OC)OC)cc1OC. The smallest absolute Gasteiger partial charge is 0.179 e. The van der Waals surface area contributed by atoms with Crippen molar-refractivity contribution >= 4 is 5.78 Å². The number of rotatable bonds is 9. The van der Waals surface area contributed by atoms with Gasteiger partial charge in [-0.1, -0.05) is 0 Å². The molecule has 0 heterocycles. The highest BCUT2D eigenvalue weighted by Gasteiger charge is 2.18. The fourth-order valence-electron chi connectivity index (χ4n) is 1.87. The molecule has 0 bridgehead atoms. The Kier molecular flexibility index (Phi) is 7.14. The predicted octanol–water partition coefficient (Wildman–Crippen LogP) is 1.48. The van der Waals surface area contributed by atoms with Crippen LogP contribution in [-0.4, -0.2) is 53.1 Å². The van der Waals surface area contributed by atoms with E-state index in [4.69, 9.17) is 18.9 Å². The fourth-order valence-corrected chi connectivity index (χ4v) is 1.87. The number of carbonyl (C=O) groups excluding carboxylic acids is 1. The van der Waals surface area contributed by atoms with E-state index in [1.807, 2.05) is 0 Å². The first kappa shape index (κ1) is 17.4. The van der Waals surface area contributed by atoms with E-state index in [0.717, 1.165) is 0 Å². The number of nitrogens with one attached hydrogen (secondary N) is 1. The van der Waals surface area contributed by atoms with Crippen LogP contribution in [0.15, 0.2) is 18.2 Å². The quantitative estimate of drug-likeness (QED) is 0.550. The molecule has 0 saturated heterocycles. The van der Waals surface area contributed by atoms with Gasteiger partial charge in [-0.15, -0.1) is 0 Å². The number of carbonyl (C=O) groups is 1. The molecule has 1 N–H and O–H groups in total. The number of hydrogen-bond acceptors (Lipinski definition) is 6. The summed E-state index contributed by atoms with van der Waals surface area (Å²) in [7, 11) is 6.20. The van der Waals surface area contributed by atoms with Gasteiger partial charge in [0, 0.05) is 26.3 Å². The number of hydrogen-bond donors (Lipinski definition) is 1. The van der Waals surface area contributed by atoms with Gasteiger partial charge in [-0.2, -0.15) is 0 Å². The van der Waals surface area contributed by atoms with Crippen molar-refractivity contribution in [2.75, 3.05) is 35.0 Å². The molecule has 0 radical (unpaired) electrons. The molecular weight excluding hydrogens is 274 g/mol. The molecule has 0 aromatic heterocycles. The van der Waals surface area contributed by atoms with E-state index < -0.39 is 0 Å². The molecule has 0 spiro atoms. The van der Waals surface area contributed by atoms with Crippen molar-refractivity contribution in [3.8, 4) is 11.5 Å². The zero-order valence-corrected chi connectivity index (χ0v) is 13.1. The number of methoxy groups -OCH3 is 4. The number of Topliss-reactive ketones (excluding diaryl/α,β-unsaturated/α-hetero) is 1. The molecule has 1 atom stereocenters. The van der Waals surface area contributed by atoms with E-state index in [9.17, 15) is 4.79 Å². The van der Waals surface area contributed by atoms with Gasteiger partial charge in [0.05, 0.1) is 20.3 Å². The average Bonchev–Trinajstić information content (AvgIpc) is 2.54. The molecule has 0 fully saturated rings. The molecule has 1 rings (SSSR count). The van der Waals surface area contributed by atoms with Gasteiger partial charge in [-0.25, -0.2) is 0 Å². The third-order valence-electron chi connectivity index (χ3n) is 3.18. The summed E-state index contributed by atoms with van der Waals surface area (Å²) in [5, 5.41) is 3.08. The third kappa shape index (κ3) is 4.70. The molecule has 1 aromatic rings. The Morgan fingerprint density at radius 2 is 1.71 bits per heavy atom. The van der Waals surface area contributed by atoms with Crippen LogP contribution in [0, 0.1) is 0 Å². The van der Waals surface area contributed by atoms with Crippen LogP contribution in [0.25, 0.3) is 0 Å². The topological polar surface area (TPSA) is 66.0 Å². The van der Waals surface area contributed by atoms with Gasteiger partial charge in [0.25, 0.3) is 0 Å². The first-order valence-electron chi connectivity index (χ1n) is 6.62. The maximum absolute atomic E-state index is 12.4. The van der Waals surface area contributed by atoms with Gasteiger partial charge in [0.2, 0.25) is 0 Å². The highest BCUT2D eigenvalue weighted by atomic mass is 16.7. The van der Waals surface area contributed by atoms with Crippen LogP contribution in [0.2, 0.25) is 0 Å². The van der Waals surface area contributed by atoms with Crippen molar-refractivity contribution in [2.24, 2.45) is 0 Å². The Labute approximate surface area is 125 Å². The molecule has 118 valence electrons. The lowest BCUT2D eigenvalue weighted by molar-refractivity contribution is -0.0992. The zero-order valence-electron chi connectivity index (χ0n) is 13.1. The molecular formula is C15H23NO5. The lowest BCUT2D eigenvalue weighted by Crippen LogP contribution is -2.40. The molecule has 0 saturated carbocycles. The van der Waals surface area contributed by atoms with Crippen molar-refractivity contribution in [1.82, 2.24) is 5.32 Å². The minimum Gasteiger partial charge on any atom is -0.493 e. The molecule has 0 aliphatic heterocycles. The second-order valence-corrected chi connectivity index (χ2v) is 4.46. The molecule has 1 unspecified atom stereocenters. The Morgan fingerprint density at radius 3 is 2.24 bits per heavy atom. The van der Waals surface area contributed by atoms with Gasteiger partial charge < -0.3 is 24.3 Å². The van der Waals surface area contributed by atoms with E-state index in [1.54, 1.807) is 46.5 Å². The first-order valence-corrected chi connectivity index (χ1v) is 6.62. The van der Waals surface area contributed by atoms with Crippen LogP contribution in [0.3, 0.4) is 0 Å². The molecule has 0 amide bonds. The number of benzene rings is 1. The summed E-state index contributed by atoms with van der Waals surface area (Å²) in [6, 6.07) is 4.73. The largest absolute Gasteiger partial charge is 0.493 e. The Bertz CT molecular complexity index is 459. The summed E-state index contributed by atoms with van der Waals surface area (Å²) in [5.41, 5.74) is 0.555. The van der Waals surface area contributed by atoms with E-state index in [2.05, 4.69) is 5.32 Å². The van der Waals surface area contributed by atoms with Crippen molar-refractivity contribution in [1.29, 1.82) is 0 Å². The van der Waals surface area contributed by atoms with Crippen molar-refractivity contribution in [3.05, 3.63) is 23.8 Å². The Balaban J connectivity index is 2.74. The standard InChI is InChI=1S/C15H23NO5/c1-10(16-9-14(20-4)21-5)15(17)11-6-7-12(18-2)13(8-11)19-3/h6-8,10,14,16H,9H2,1-5H3. The lowest BCUT2D eigenvalue weighted by Gasteiger charge is -2.18. The van der Waals surface area contributed by atoms with Crippen LogP contribution in [0.1, 0.15) is 17.3 Å². The third-order valence-corrected chi connectivity index (χ3v) is 3.18. The van der Waals surface area contributed by atoms with Crippen LogP contribution in [0.5, 0.6) is 11.5 Å². The summed E-state index contributed by atoms with van der Waals surface area (Å²) in [4.78, 5) is 12.4. The Morgan fingerprint density at radius 1 is 1.10 bits per heavy atom. The van der Waals surface area contributed by atoms with Crippen molar-refractivity contribution in [3.63, 3.8) is 0 Å². The van der Waals surface area contributed by atoms with Gasteiger partial charge in [-0.3, -0.25) is 4.79 Å². The normalized spacial score (nSPS) is 12.3. The maximum atomic E-state index is 12.4. The fraction of sp³-hybridized carbons (Fsp3) is 0.533. The zero-order chi connectivity index (χ0) is 15.8. The van der Waals surface area contributed by atoms with Crippen LogP contribution in [0.4, 0.5) is 0 Å². The minimum atomic E-state index is -0.384. The molecule has 1 aromatic carbocycles. The maximum Gasteiger partial charge on any atom is 0.179 e. The van der Waals surface area contributed by atoms with Gasteiger partial charge in [-0.05, 0) is 25.1 Å². The summed E-state index contributed by atoms with van der Waals surface area (Å²) >= 11 is 0. The predicted molar refractivity (Wildman–Crippen MR) is 79.1 cm³/mol. The van der Waals surface area contributed by atoms with Gasteiger partial charge in [0.1, 0.15) is 0 Å². The van der Waals surface area contributed by atoms with E-state index >= 15 is 0 Å². The highest BCUT2D eigenvalue weighted by molar-refractivity contribution is 6.00. The van der Waals surface area contributed by atoms with Gasteiger partial charge in [0.15, 0.2) is 23.6 Å². The summed E-state index contributed by atoms with van der Waals surface area (Å²) in [6.07, 6.45) is -0.384. The Hall–Kier alpha value is -1.63. The van der Waals surface area contributed by atoms with E-state index in [0.29, 0.717) is 23.6 Å². The van der Waals surface area contributed by atoms with Crippen LogP contribution >= 0.6 is 0 Å². The molecule has 6 heteroatoms. The van der Waals surface area contributed by atoms with E-state index in [1.165, 1.54) is 7.11 Å². The van der Waals surface area contributed by atoms with Crippen LogP contribution in [-0.2, 0) is 9.47 Å². The molecule has 0 aliphatic carbocycles. The molecule has 0 aliphatic rings.